The number of likely N-dealkylation sites (N-methyl/N-ethyl adjacent to an activating group) is 2. The molecule has 3 heterocycles. The number of likely N-dealkylation sites (tertiary alicyclic amines) is 1. The van der Waals surface area contributed by atoms with E-state index in [1.807, 2.05) is 36.9 Å². The molecule has 1 aromatic rings. The van der Waals surface area contributed by atoms with E-state index in [4.69, 9.17) is 4.74 Å². The number of hydrogen-bond donors (Lipinski definition) is 0. The minimum atomic E-state index is -0.332. The minimum Gasteiger partial charge on any atom is -0.366 e. The first-order valence-corrected chi connectivity index (χ1v) is 9.77. The summed E-state index contributed by atoms with van der Waals surface area (Å²) >= 11 is 0. The van der Waals surface area contributed by atoms with Crippen LogP contribution in [0.4, 0.5) is 0 Å². The minimum absolute atomic E-state index is 0.107. The number of carbonyl (C=O) groups is 1. The second kappa shape index (κ2) is 8.50. The predicted molar refractivity (Wildman–Crippen MR) is 101 cm³/mol. The zero-order chi connectivity index (χ0) is 18.7. The molecule has 1 aromatic heterocycles. The number of aryl methyl sites for hydroxylation is 1. The number of morpholine rings is 1. The van der Waals surface area contributed by atoms with E-state index in [2.05, 4.69) is 28.0 Å². The van der Waals surface area contributed by atoms with Crippen LogP contribution < -0.4 is 0 Å². The largest absolute Gasteiger partial charge is 0.366 e. The van der Waals surface area contributed by atoms with Gasteiger partial charge in [-0.15, -0.1) is 0 Å². The Morgan fingerprint density at radius 2 is 2.19 bits per heavy atom. The molecule has 1 amide bonds. The average Bonchev–Trinajstić information content (AvgIpc) is 3.06. The molecule has 0 unspecified atom stereocenters. The molecule has 7 nitrogen and oxygen atoms in total. The Bertz CT molecular complexity index is 605. The van der Waals surface area contributed by atoms with Gasteiger partial charge in [-0.25, -0.2) is 0 Å². The molecule has 0 radical (unpaired) electrons. The van der Waals surface area contributed by atoms with Gasteiger partial charge in [0.1, 0.15) is 6.10 Å². The van der Waals surface area contributed by atoms with E-state index in [1.54, 1.807) is 0 Å². The van der Waals surface area contributed by atoms with Crippen LogP contribution in [0.15, 0.2) is 12.4 Å². The molecule has 0 N–H and O–H groups in total. The van der Waals surface area contributed by atoms with Gasteiger partial charge in [0.2, 0.25) is 0 Å². The van der Waals surface area contributed by atoms with E-state index >= 15 is 0 Å². The fourth-order valence-corrected chi connectivity index (χ4v) is 4.39. The molecule has 7 heteroatoms. The van der Waals surface area contributed by atoms with E-state index in [0.717, 1.165) is 32.6 Å². The fraction of sp³-hybridized carbons (Fsp3) is 0.789. The van der Waals surface area contributed by atoms with Crippen molar-refractivity contribution >= 4 is 5.91 Å². The highest BCUT2D eigenvalue weighted by Crippen LogP contribution is 2.36. The highest BCUT2D eigenvalue weighted by Gasteiger charge is 2.35. The number of aromatic nitrogens is 2. The summed E-state index contributed by atoms with van der Waals surface area (Å²) in [5.41, 5.74) is 1.26. The first-order chi connectivity index (χ1) is 12.5. The lowest BCUT2D eigenvalue weighted by atomic mass is 9.85. The summed E-state index contributed by atoms with van der Waals surface area (Å²) in [5.74, 6) is 0.526. The standard InChI is InChI=1S/C19H33N5O2/c1-5-24-8-6-7-15(18(24)16-11-20-23(4)13-16)12-22(3)19(25)17-14-21(2)9-10-26-17/h11,13,15,17-18H,5-10,12,14H2,1-4H3/t15-,17-,18+/m0/s1. The highest BCUT2D eigenvalue weighted by atomic mass is 16.5. The molecule has 0 saturated carbocycles. The average molecular weight is 364 g/mol. The van der Waals surface area contributed by atoms with Crippen molar-refractivity contribution in [1.82, 2.24) is 24.5 Å². The molecule has 2 aliphatic rings. The van der Waals surface area contributed by atoms with Gasteiger partial charge in [-0.05, 0) is 38.9 Å². The Morgan fingerprint density at radius 1 is 1.38 bits per heavy atom. The van der Waals surface area contributed by atoms with Gasteiger partial charge in [0.25, 0.3) is 5.91 Å². The third-order valence-electron chi connectivity index (χ3n) is 5.76. The van der Waals surface area contributed by atoms with Gasteiger partial charge in [0, 0.05) is 51.5 Å². The summed E-state index contributed by atoms with van der Waals surface area (Å²) in [5, 5.41) is 4.37. The van der Waals surface area contributed by atoms with Crippen molar-refractivity contribution in [2.24, 2.45) is 13.0 Å². The van der Waals surface area contributed by atoms with E-state index < -0.39 is 0 Å². The van der Waals surface area contributed by atoms with Crippen LogP contribution >= 0.6 is 0 Å². The molecular weight excluding hydrogens is 330 g/mol. The van der Waals surface area contributed by atoms with Crippen molar-refractivity contribution in [2.75, 3.05) is 53.4 Å². The van der Waals surface area contributed by atoms with Crippen molar-refractivity contribution in [2.45, 2.75) is 31.9 Å². The maximum atomic E-state index is 12.9. The summed E-state index contributed by atoms with van der Waals surface area (Å²) in [6, 6.07) is 0.327. The molecule has 2 fully saturated rings. The maximum absolute atomic E-state index is 12.9. The Labute approximate surface area is 156 Å². The predicted octanol–water partition coefficient (Wildman–Crippen LogP) is 0.982. The van der Waals surface area contributed by atoms with Gasteiger partial charge in [-0.2, -0.15) is 5.10 Å². The van der Waals surface area contributed by atoms with Crippen LogP contribution in [-0.4, -0.2) is 89.9 Å². The number of nitrogens with zero attached hydrogens (tertiary/aromatic N) is 5. The van der Waals surface area contributed by atoms with E-state index in [9.17, 15) is 4.79 Å². The number of amides is 1. The van der Waals surface area contributed by atoms with Crippen LogP contribution in [0.2, 0.25) is 0 Å². The van der Waals surface area contributed by atoms with Crippen LogP contribution in [0.5, 0.6) is 0 Å². The molecule has 3 atom stereocenters. The van der Waals surface area contributed by atoms with Crippen molar-refractivity contribution in [3.8, 4) is 0 Å². The second-order valence-corrected chi connectivity index (χ2v) is 7.76. The normalized spacial score (nSPS) is 28.2. The molecule has 0 aromatic carbocycles. The van der Waals surface area contributed by atoms with Gasteiger partial charge in [-0.1, -0.05) is 6.92 Å². The third-order valence-corrected chi connectivity index (χ3v) is 5.76. The Hall–Kier alpha value is -1.44. The summed E-state index contributed by atoms with van der Waals surface area (Å²) in [6.45, 7) is 7.31. The van der Waals surface area contributed by atoms with E-state index in [-0.39, 0.29) is 12.0 Å². The summed E-state index contributed by atoms with van der Waals surface area (Å²) in [4.78, 5) is 19.4. The Kier molecular flexibility index (Phi) is 6.32. The van der Waals surface area contributed by atoms with Crippen LogP contribution in [0.3, 0.4) is 0 Å². The SMILES string of the molecule is CCN1CCC[C@@H](CN(C)C(=O)[C@@H]2CN(C)CCO2)[C@@H]1c1cnn(C)c1. The van der Waals surface area contributed by atoms with Gasteiger partial charge in [0.15, 0.2) is 0 Å². The topological polar surface area (TPSA) is 53.8 Å². The molecule has 0 bridgehead atoms. The lowest BCUT2D eigenvalue weighted by Crippen LogP contribution is -2.51. The monoisotopic (exact) mass is 363 g/mol. The molecule has 26 heavy (non-hydrogen) atoms. The van der Waals surface area contributed by atoms with Gasteiger partial charge < -0.3 is 14.5 Å². The zero-order valence-corrected chi connectivity index (χ0v) is 16.6. The molecular formula is C19H33N5O2. The van der Waals surface area contributed by atoms with Crippen molar-refractivity contribution < 1.29 is 9.53 Å². The quantitative estimate of drug-likeness (QED) is 0.781. The Balaban J connectivity index is 1.70. The lowest BCUT2D eigenvalue weighted by molar-refractivity contribution is -0.148. The number of piperidine rings is 1. The number of ether oxygens (including phenoxy) is 1. The summed E-state index contributed by atoms with van der Waals surface area (Å²) < 4.78 is 7.59. The summed E-state index contributed by atoms with van der Waals surface area (Å²) in [6.07, 6.45) is 6.08. The fourth-order valence-electron chi connectivity index (χ4n) is 4.39. The van der Waals surface area contributed by atoms with Crippen LogP contribution in [0, 0.1) is 5.92 Å². The van der Waals surface area contributed by atoms with Crippen molar-refractivity contribution in [3.63, 3.8) is 0 Å². The number of rotatable bonds is 5. The van der Waals surface area contributed by atoms with Crippen molar-refractivity contribution in [3.05, 3.63) is 18.0 Å². The van der Waals surface area contributed by atoms with E-state index in [1.165, 1.54) is 12.0 Å². The van der Waals surface area contributed by atoms with E-state index in [0.29, 0.717) is 25.1 Å². The zero-order valence-electron chi connectivity index (χ0n) is 16.6. The van der Waals surface area contributed by atoms with Crippen LogP contribution in [0.25, 0.3) is 0 Å². The van der Waals surface area contributed by atoms with Crippen molar-refractivity contribution in [1.29, 1.82) is 0 Å². The molecule has 146 valence electrons. The first-order valence-electron chi connectivity index (χ1n) is 9.77. The number of hydrogen-bond acceptors (Lipinski definition) is 5. The third kappa shape index (κ3) is 4.27. The van der Waals surface area contributed by atoms with Gasteiger partial charge >= 0.3 is 0 Å². The first kappa shape index (κ1) is 19.3. The van der Waals surface area contributed by atoms with Gasteiger partial charge in [-0.3, -0.25) is 14.4 Å². The molecule has 0 spiro atoms. The number of carbonyl (C=O) groups excluding carboxylic acids is 1. The molecule has 0 aliphatic carbocycles. The Morgan fingerprint density at radius 3 is 2.85 bits per heavy atom. The molecule has 2 saturated heterocycles. The lowest BCUT2D eigenvalue weighted by Gasteiger charge is -2.42. The van der Waals surface area contributed by atoms with Crippen LogP contribution in [0.1, 0.15) is 31.4 Å². The van der Waals surface area contributed by atoms with Crippen LogP contribution in [-0.2, 0) is 16.6 Å². The van der Waals surface area contributed by atoms with Gasteiger partial charge in [0.05, 0.1) is 12.8 Å². The smallest absolute Gasteiger partial charge is 0.252 e. The maximum Gasteiger partial charge on any atom is 0.252 e. The molecule has 3 rings (SSSR count). The summed E-state index contributed by atoms with van der Waals surface area (Å²) in [7, 11) is 5.93. The molecule has 2 aliphatic heterocycles. The highest BCUT2D eigenvalue weighted by molar-refractivity contribution is 5.81. The second-order valence-electron chi connectivity index (χ2n) is 7.76.